The van der Waals surface area contributed by atoms with Crippen LogP contribution in [0.5, 0.6) is 0 Å². The van der Waals surface area contributed by atoms with E-state index in [-0.39, 0.29) is 5.41 Å². The second-order valence-corrected chi connectivity index (χ2v) is 7.77. The van der Waals surface area contributed by atoms with Gasteiger partial charge >= 0.3 is 0 Å². The van der Waals surface area contributed by atoms with E-state index >= 15 is 0 Å². The van der Waals surface area contributed by atoms with Gasteiger partial charge in [-0.2, -0.15) is 0 Å². The van der Waals surface area contributed by atoms with Gasteiger partial charge in [-0.3, -0.25) is 4.98 Å². The fraction of sp³-hybridized carbons (Fsp3) is 0.737. The van der Waals surface area contributed by atoms with Crippen LogP contribution < -0.4 is 5.32 Å². The molecule has 3 aliphatic rings. The quantitative estimate of drug-likeness (QED) is 0.835. The number of hydrogen-bond acceptors (Lipinski definition) is 4. The Morgan fingerprint density at radius 1 is 1.26 bits per heavy atom. The standard InChI is InChI=1S/C19H28N2O2/c22-14-19(12-18(19)7-10-23-11-8-18)13-21-16-4-3-15-2-1-9-20-17(15)6-5-16/h1-2,9,16,21-22H,3-8,10-14H2. The third kappa shape index (κ3) is 2.81. The van der Waals surface area contributed by atoms with Crippen molar-refractivity contribution in [3.63, 3.8) is 0 Å². The fourth-order valence-electron chi connectivity index (χ4n) is 4.86. The first kappa shape index (κ1) is 15.6. The zero-order chi connectivity index (χ0) is 15.8. The molecule has 1 saturated carbocycles. The number of aromatic nitrogens is 1. The van der Waals surface area contributed by atoms with Crippen LogP contribution in [0.4, 0.5) is 0 Å². The number of aliphatic hydroxyl groups excluding tert-OH is 1. The molecule has 0 radical (unpaired) electrons. The summed E-state index contributed by atoms with van der Waals surface area (Å²) in [5.74, 6) is 0. The summed E-state index contributed by atoms with van der Waals surface area (Å²) in [5, 5.41) is 13.8. The Balaban J connectivity index is 1.35. The number of nitrogens with one attached hydrogen (secondary N) is 1. The molecule has 2 heterocycles. The van der Waals surface area contributed by atoms with E-state index in [2.05, 4.69) is 16.4 Å². The monoisotopic (exact) mass is 316 g/mol. The maximum Gasteiger partial charge on any atom is 0.0505 e. The van der Waals surface area contributed by atoms with Crippen LogP contribution in [-0.4, -0.2) is 42.5 Å². The lowest BCUT2D eigenvalue weighted by molar-refractivity contribution is 0.0301. The fourth-order valence-corrected chi connectivity index (χ4v) is 4.86. The zero-order valence-corrected chi connectivity index (χ0v) is 13.9. The molecule has 1 aromatic heterocycles. The van der Waals surface area contributed by atoms with Gasteiger partial charge in [0.2, 0.25) is 0 Å². The predicted molar refractivity (Wildman–Crippen MR) is 89.3 cm³/mol. The number of pyridine rings is 1. The molecule has 4 nitrogen and oxygen atoms in total. The molecular formula is C19H28N2O2. The highest BCUT2D eigenvalue weighted by Gasteiger charge is 2.66. The van der Waals surface area contributed by atoms with Crippen molar-refractivity contribution >= 4 is 0 Å². The molecule has 126 valence electrons. The van der Waals surface area contributed by atoms with Crippen LogP contribution in [0, 0.1) is 10.8 Å². The molecule has 1 aromatic rings. The van der Waals surface area contributed by atoms with Gasteiger partial charge in [0.15, 0.2) is 0 Å². The van der Waals surface area contributed by atoms with Gasteiger partial charge in [0.1, 0.15) is 0 Å². The number of hydrogen-bond donors (Lipinski definition) is 2. The van der Waals surface area contributed by atoms with E-state index in [1.54, 1.807) is 0 Å². The van der Waals surface area contributed by atoms with E-state index in [0.29, 0.717) is 18.1 Å². The number of aliphatic hydroxyl groups is 1. The Morgan fingerprint density at radius 3 is 2.91 bits per heavy atom. The molecule has 4 rings (SSSR count). The molecule has 2 fully saturated rings. The van der Waals surface area contributed by atoms with Crippen molar-refractivity contribution in [2.45, 2.75) is 51.0 Å². The lowest BCUT2D eigenvalue weighted by atomic mass is 9.86. The molecule has 2 N–H and O–H groups in total. The topological polar surface area (TPSA) is 54.4 Å². The van der Waals surface area contributed by atoms with Gasteiger partial charge in [-0.25, -0.2) is 0 Å². The van der Waals surface area contributed by atoms with Gasteiger partial charge in [-0.1, -0.05) is 6.07 Å². The third-order valence-electron chi connectivity index (χ3n) is 6.63. The summed E-state index contributed by atoms with van der Waals surface area (Å²) in [6.07, 6.45) is 9.83. The summed E-state index contributed by atoms with van der Waals surface area (Å²) >= 11 is 0. The van der Waals surface area contributed by atoms with E-state index in [0.717, 1.165) is 51.9 Å². The second kappa shape index (κ2) is 6.15. The van der Waals surface area contributed by atoms with Crippen LogP contribution in [0.1, 0.15) is 43.4 Å². The highest BCUT2D eigenvalue weighted by Crippen LogP contribution is 2.68. The van der Waals surface area contributed by atoms with Gasteiger partial charge in [0.05, 0.1) is 6.61 Å². The Bertz CT molecular complexity index is 529. The molecule has 2 unspecified atom stereocenters. The number of aryl methyl sites for hydroxylation is 2. The van der Waals surface area contributed by atoms with Crippen molar-refractivity contribution in [1.29, 1.82) is 0 Å². The van der Waals surface area contributed by atoms with Crippen LogP contribution >= 0.6 is 0 Å². The van der Waals surface area contributed by atoms with E-state index in [4.69, 9.17) is 4.74 Å². The Hall–Kier alpha value is -0.970. The molecule has 0 amide bonds. The number of fused-ring (bicyclic) bond motifs is 1. The number of ether oxygens (including phenoxy) is 1. The summed E-state index contributed by atoms with van der Waals surface area (Å²) in [6.45, 7) is 3.00. The van der Waals surface area contributed by atoms with Crippen molar-refractivity contribution in [3.05, 3.63) is 29.6 Å². The van der Waals surface area contributed by atoms with Crippen molar-refractivity contribution < 1.29 is 9.84 Å². The highest BCUT2D eigenvalue weighted by atomic mass is 16.5. The van der Waals surface area contributed by atoms with Crippen LogP contribution in [0.3, 0.4) is 0 Å². The van der Waals surface area contributed by atoms with Gasteiger partial charge in [0.25, 0.3) is 0 Å². The molecular weight excluding hydrogens is 288 g/mol. The minimum absolute atomic E-state index is 0.105. The average Bonchev–Trinajstić information content (AvgIpc) is 3.27. The number of nitrogens with zero attached hydrogens (tertiary/aromatic N) is 1. The first-order valence-electron chi connectivity index (χ1n) is 9.12. The smallest absolute Gasteiger partial charge is 0.0505 e. The van der Waals surface area contributed by atoms with Crippen LogP contribution in [-0.2, 0) is 17.6 Å². The molecule has 23 heavy (non-hydrogen) atoms. The minimum atomic E-state index is 0.105. The van der Waals surface area contributed by atoms with Gasteiger partial charge < -0.3 is 15.2 Å². The van der Waals surface area contributed by atoms with Crippen molar-refractivity contribution in [1.82, 2.24) is 10.3 Å². The van der Waals surface area contributed by atoms with Crippen LogP contribution in [0.25, 0.3) is 0 Å². The molecule has 1 aliphatic heterocycles. The third-order valence-corrected chi connectivity index (χ3v) is 6.63. The Labute approximate surface area is 138 Å². The number of rotatable bonds is 4. The predicted octanol–water partition coefficient (Wildman–Crippen LogP) is 2.10. The minimum Gasteiger partial charge on any atom is -0.396 e. The largest absolute Gasteiger partial charge is 0.396 e. The lowest BCUT2D eigenvalue weighted by Crippen LogP contribution is -2.39. The molecule has 0 bridgehead atoms. The first-order chi connectivity index (χ1) is 11.3. The van der Waals surface area contributed by atoms with Crippen molar-refractivity contribution in [2.75, 3.05) is 26.4 Å². The summed E-state index contributed by atoms with van der Waals surface area (Å²) in [6, 6.07) is 4.81. The van der Waals surface area contributed by atoms with E-state index in [1.807, 2.05) is 12.3 Å². The Kier molecular flexibility index (Phi) is 4.16. The summed E-state index contributed by atoms with van der Waals surface area (Å²) < 4.78 is 5.52. The molecule has 2 aliphatic carbocycles. The summed E-state index contributed by atoms with van der Waals surface area (Å²) in [5.41, 5.74) is 3.15. The molecule has 2 atom stereocenters. The highest BCUT2D eigenvalue weighted by molar-refractivity contribution is 5.22. The van der Waals surface area contributed by atoms with E-state index < -0.39 is 0 Å². The lowest BCUT2D eigenvalue weighted by Gasteiger charge is -2.30. The van der Waals surface area contributed by atoms with Crippen molar-refractivity contribution in [2.24, 2.45) is 10.8 Å². The van der Waals surface area contributed by atoms with Crippen LogP contribution in [0.2, 0.25) is 0 Å². The van der Waals surface area contributed by atoms with Gasteiger partial charge in [-0.15, -0.1) is 0 Å². The molecule has 1 saturated heterocycles. The molecule has 1 spiro atoms. The van der Waals surface area contributed by atoms with Gasteiger partial charge in [-0.05, 0) is 62.0 Å². The zero-order valence-electron chi connectivity index (χ0n) is 13.9. The second-order valence-electron chi connectivity index (χ2n) is 7.77. The Morgan fingerprint density at radius 2 is 2.09 bits per heavy atom. The first-order valence-corrected chi connectivity index (χ1v) is 9.12. The molecule has 0 aromatic carbocycles. The van der Waals surface area contributed by atoms with Gasteiger partial charge in [0, 0.05) is 43.1 Å². The maximum atomic E-state index is 10.0. The van der Waals surface area contributed by atoms with Crippen LogP contribution in [0.15, 0.2) is 18.3 Å². The average molecular weight is 316 g/mol. The van der Waals surface area contributed by atoms with E-state index in [1.165, 1.54) is 24.1 Å². The summed E-state index contributed by atoms with van der Waals surface area (Å²) in [7, 11) is 0. The SMILES string of the molecule is OCC1(CNC2CCc3cccnc3CC2)CC12CCOCC2. The molecule has 4 heteroatoms. The normalized spacial score (nSPS) is 32.3. The van der Waals surface area contributed by atoms with E-state index in [9.17, 15) is 5.11 Å². The maximum absolute atomic E-state index is 10.0. The van der Waals surface area contributed by atoms with Crippen molar-refractivity contribution in [3.8, 4) is 0 Å². The summed E-state index contributed by atoms with van der Waals surface area (Å²) in [4.78, 5) is 4.54.